The Kier molecular flexibility index (Phi) is 4.06. The van der Waals surface area contributed by atoms with Gasteiger partial charge in [-0.15, -0.1) is 0 Å². The van der Waals surface area contributed by atoms with E-state index in [1.165, 1.54) is 0 Å². The lowest BCUT2D eigenvalue weighted by Crippen LogP contribution is -2.15. The molecular weight excluding hydrogens is 340 g/mol. The molecule has 25 heavy (non-hydrogen) atoms. The zero-order valence-corrected chi connectivity index (χ0v) is 14.1. The first-order valence-electron chi connectivity index (χ1n) is 8.18. The summed E-state index contributed by atoms with van der Waals surface area (Å²) < 4.78 is 10.8. The molecule has 4 rings (SSSR count). The smallest absolute Gasteiger partial charge is 0.343 e. The van der Waals surface area contributed by atoms with E-state index in [9.17, 15) is 9.59 Å². The summed E-state index contributed by atoms with van der Waals surface area (Å²) in [5.41, 5.74) is 2.41. The molecule has 5 heteroatoms. The molecule has 0 amide bonds. The molecule has 126 valence electrons. The molecule has 1 heterocycles. The first kappa shape index (κ1) is 15.9. The average Bonchev–Trinajstić information content (AvgIpc) is 2.62. The molecule has 1 aliphatic rings. The van der Waals surface area contributed by atoms with E-state index in [0.717, 1.165) is 42.2 Å². The van der Waals surface area contributed by atoms with Crippen molar-refractivity contribution in [2.24, 2.45) is 0 Å². The van der Waals surface area contributed by atoms with Crippen LogP contribution >= 0.6 is 11.6 Å². The minimum Gasteiger partial charge on any atom is -0.423 e. The second kappa shape index (κ2) is 6.37. The van der Waals surface area contributed by atoms with Gasteiger partial charge in [-0.25, -0.2) is 9.59 Å². The predicted molar refractivity (Wildman–Crippen MR) is 95.5 cm³/mol. The van der Waals surface area contributed by atoms with Crippen molar-refractivity contribution in [3.05, 3.63) is 74.6 Å². The van der Waals surface area contributed by atoms with Gasteiger partial charge < -0.3 is 9.15 Å². The van der Waals surface area contributed by atoms with E-state index >= 15 is 0 Å². The Balaban J connectivity index is 1.68. The second-order valence-electron chi connectivity index (χ2n) is 6.11. The molecular formula is C20H15ClO4. The fourth-order valence-corrected chi connectivity index (χ4v) is 3.37. The maximum Gasteiger partial charge on any atom is 0.343 e. The summed E-state index contributed by atoms with van der Waals surface area (Å²) >= 11 is 5.82. The highest BCUT2D eigenvalue weighted by atomic mass is 35.5. The third-order valence-corrected chi connectivity index (χ3v) is 4.74. The molecule has 0 unspecified atom stereocenters. The molecule has 0 radical (unpaired) electrons. The number of rotatable bonds is 2. The van der Waals surface area contributed by atoms with E-state index in [2.05, 4.69) is 0 Å². The first-order valence-corrected chi connectivity index (χ1v) is 8.56. The Morgan fingerprint density at radius 2 is 1.72 bits per heavy atom. The SMILES string of the molecule is O=C(Oc1ccc2c3c(c(=O)oc2c1)CCCC3)c1ccc(Cl)cc1. The van der Waals surface area contributed by atoms with Gasteiger partial charge in [0.15, 0.2) is 0 Å². The summed E-state index contributed by atoms with van der Waals surface area (Å²) in [7, 11) is 0. The van der Waals surface area contributed by atoms with E-state index in [-0.39, 0.29) is 5.63 Å². The maximum absolute atomic E-state index is 12.2. The highest BCUT2D eigenvalue weighted by molar-refractivity contribution is 6.30. The van der Waals surface area contributed by atoms with Gasteiger partial charge in [-0.3, -0.25) is 0 Å². The Morgan fingerprint density at radius 3 is 2.48 bits per heavy atom. The molecule has 0 saturated carbocycles. The standard InChI is InChI=1S/C20H15ClO4/c21-13-7-5-12(6-8-13)19(22)24-14-9-10-16-15-3-1-2-4-17(15)20(23)25-18(16)11-14/h5-11H,1-4H2. The van der Waals surface area contributed by atoms with Crippen molar-refractivity contribution in [3.8, 4) is 5.75 Å². The number of carbonyl (C=O) groups is 1. The molecule has 1 aliphatic carbocycles. The Bertz CT molecular complexity index is 1020. The lowest BCUT2D eigenvalue weighted by Gasteiger charge is -2.16. The molecule has 0 atom stereocenters. The Hall–Kier alpha value is -2.59. The number of carbonyl (C=O) groups excluding carboxylic acids is 1. The first-order chi connectivity index (χ1) is 12.1. The van der Waals surface area contributed by atoms with Crippen molar-refractivity contribution in [1.82, 2.24) is 0 Å². The summed E-state index contributed by atoms with van der Waals surface area (Å²) in [5.74, 6) is -0.150. The topological polar surface area (TPSA) is 56.5 Å². The van der Waals surface area contributed by atoms with Gasteiger partial charge in [-0.2, -0.15) is 0 Å². The number of ether oxygens (including phenoxy) is 1. The van der Waals surface area contributed by atoms with Gasteiger partial charge in [0.25, 0.3) is 0 Å². The van der Waals surface area contributed by atoms with Crippen LogP contribution in [0, 0.1) is 0 Å². The van der Waals surface area contributed by atoms with Gasteiger partial charge in [0.2, 0.25) is 0 Å². The van der Waals surface area contributed by atoms with Crippen molar-refractivity contribution < 1.29 is 13.9 Å². The second-order valence-corrected chi connectivity index (χ2v) is 6.54. The monoisotopic (exact) mass is 354 g/mol. The van der Waals surface area contributed by atoms with Crippen molar-refractivity contribution in [2.45, 2.75) is 25.7 Å². The third kappa shape index (κ3) is 3.05. The van der Waals surface area contributed by atoms with E-state index in [1.807, 2.05) is 6.07 Å². The summed E-state index contributed by atoms with van der Waals surface area (Å²) in [6.45, 7) is 0. The van der Waals surface area contributed by atoms with Gasteiger partial charge in [-0.05, 0) is 67.6 Å². The lowest BCUT2D eigenvalue weighted by molar-refractivity contribution is 0.0735. The van der Waals surface area contributed by atoms with Crippen LogP contribution in [0.5, 0.6) is 5.75 Å². The molecule has 0 spiro atoms. The number of hydrogen-bond acceptors (Lipinski definition) is 4. The minimum absolute atomic E-state index is 0.289. The van der Waals surface area contributed by atoms with Crippen molar-refractivity contribution in [1.29, 1.82) is 0 Å². The number of benzene rings is 2. The number of halogens is 1. The van der Waals surface area contributed by atoms with Crippen LogP contribution in [-0.2, 0) is 12.8 Å². The maximum atomic E-state index is 12.2. The molecule has 1 aromatic heterocycles. The van der Waals surface area contributed by atoms with Crippen molar-refractivity contribution in [3.63, 3.8) is 0 Å². The zero-order valence-electron chi connectivity index (χ0n) is 13.4. The van der Waals surface area contributed by atoms with Crippen LogP contribution < -0.4 is 10.4 Å². The van der Waals surface area contributed by atoms with Crippen LogP contribution in [0.4, 0.5) is 0 Å². The van der Waals surface area contributed by atoms with E-state index in [0.29, 0.717) is 21.9 Å². The average molecular weight is 355 g/mol. The van der Waals surface area contributed by atoms with Crippen LogP contribution in [-0.4, -0.2) is 5.97 Å². The van der Waals surface area contributed by atoms with E-state index in [1.54, 1.807) is 36.4 Å². The lowest BCUT2D eigenvalue weighted by atomic mass is 9.91. The summed E-state index contributed by atoms with van der Waals surface area (Å²) in [5, 5.41) is 1.47. The number of fused-ring (bicyclic) bond motifs is 3. The summed E-state index contributed by atoms with van der Waals surface area (Å²) in [6, 6.07) is 11.6. The molecule has 0 fully saturated rings. The summed E-state index contributed by atoms with van der Waals surface area (Å²) in [4.78, 5) is 24.4. The van der Waals surface area contributed by atoms with Crippen LogP contribution in [0.15, 0.2) is 51.7 Å². The van der Waals surface area contributed by atoms with Crippen LogP contribution in [0.3, 0.4) is 0 Å². The van der Waals surface area contributed by atoms with Crippen molar-refractivity contribution >= 4 is 28.5 Å². The van der Waals surface area contributed by atoms with Gasteiger partial charge in [-0.1, -0.05) is 11.6 Å². The largest absolute Gasteiger partial charge is 0.423 e. The Labute approximate surface area is 149 Å². The van der Waals surface area contributed by atoms with Crippen LogP contribution in [0.1, 0.15) is 34.3 Å². The Morgan fingerprint density at radius 1 is 1.00 bits per heavy atom. The minimum atomic E-state index is -0.490. The number of hydrogen-bond donors (Lipinski definition) is 0. The van der Waals surface area contributed by atoms with Crippen LogP contribution in [0.2, 0.25) is 5.02 Å². The van der Waals surface area contributed by atoms with Gasteiger partial charge in [0.1, 0.15) is 11.3 Å². The third-order valence-electron chi connectivity index (χ3n) is 4.49. The fourth-order valence-electron chi connectivity index (χ4n) is 3.24. The highest BCUT2D eigenvalue weighted by Gasteiger charge is 2.18. The van der Waals surface area contributed by atoms with Crippen molar-refractivity contribution in [2.75, 3.05) is 0 Å². The molecule has 0 aliphatic heterocycles. The summed E-state index contributed by atoms with van der Waals surface area (Å²) in [6.07, 6.45) is 3.72. The molecule has 0 bridgehead atoms. The molecule has 3 aromatic rings. The van der Waals surface area contributed by atoms with Crippen LogP contribution in [0.25, 0.3) is 11.0 Å². The van der Waals surface area contributed by atoms with Gasteiger partial charge in [0, 0.05) is 22.0 Å². The number of esters is 1. The van der Waals surface area contributed by atoms with E-state index < -0.39 is 5.97 Å². The number of aryl methyl sites for hydroxylation is 1. The van der Waals surface area contributed by atoms with Gasteiger partial charge in [0.05, 0.1) is 5.56 Å². The predicted octanol–water partition coefficient (Wildman–Crippen LogP) is 4.54. The molecule has 2 aromatic carbocycles. The fraction of sp³-hybridized carbons (Fsp3) is 0.200. The van der Waals surface area contributed by atoms with Gasteiger partial charge >= 0.3 is 11.6 Å². The normalized spacial score (nSPS) is 13.5. The highest BCUT2D eigenvalue weighted by Crippen LogP contribution is 2.29. The zero-order chi connectivity index (χ0) is 17.4. The quantitative estimate of drug-likeness (QED) is 0.385. The molecule has 4 nitrogen and oxygen atoms in total. The molecule has 0 N–H and O–H groups in total. The van der Waals surface area contributed by atoms with E-state index in [4.69, 9.17) is 20.8 Å². The molecule has 0 saturated heterocycles.